The first-order chi connectivity index (χ1) is 10.6. The number of para-hydroxylation sites is 2. The number of nitrogens with zero attached hydrogens (tertiary/aromatic N) is 2. The summed E-state index contributed by atoms with van der Waals surface area (Å²) >= 11 is 6.64. The lowest BCUT2D eigenvalue weighted by molar-refractivity contribution is 0.470. The quantitative estimate of drug-likeness (QED) is 0.583. The lowest BCUT2D eigenvalue weighted by Crippen LogP contribution is -1.86. The van der Waals surface area contributed by atoms with E-state index in [-0.39, 0.29) is 5.75 Å². The van der Waals surface area contributed by atoms with Gasteiger partial charge in [-0.15, -0.1) is 0 Å². The highest BCUT2D eigenvalue weighted by Gasteiger charge is 2.11. The van der Waals surface area contributed by atoms with E-state index < -0.39 is 0 Å². The number of aromatic hydroxyl groups is 1. The standard InChI is InChI=1S/C16H9Br2N3O/c17-11-6-9(15(22)12(18)7-11)5-10(8-19)16-20-13-3-1-2-4-14(13)21-16/h1-7,22H,(H,20,21). The first kappa shape index (κ1) is 14.8. The number of aromatic amines is 1. The Morgan fingerprint density at radius 3 is 2.77 bits per heavy atom. The molecule has 0 radical (unpaired) electrons. The number of phenols is 1. The van der Waals surface area contributed by atoms with Crippen molar-refractivity contribution in [3.63, 3.8) is 0 Å². The van der Waals surface area contributed by atoms with Crippen molar-refractivity contribution in [1.82, 2.24) is 9.97 Å². The number of imidazole rings is 1. The molecule has 6 heteroatoms. The van der Waals surface area contributed by atoms with E-state index in [1.165, 1.54) is 0 Å². The van der Waals surface area contributed by atoms with Crippen LogP contribution in [0.3, 0.4) is 0 Å². The molecule has 1 aromatic heterocycles. The summed E-state index contributed by atoms with van der Waals surface area (Å²) in [7, 11) is 0. The Morgan fingerprint density at radius 2 is 2.05 bits per heavy atom. The molecule has 0 spiro atoms. The maximum atomic E-state index is 10.1. The van der Waals surface area contributed by atoms with E-state index in [9.17, 15) is 10.4 Å². The summed E-state index contributed by atoms with van der Waals surface area (Å²) in [6, 6.07) is 13.2. The Morgan fingerprint density at radius 1 is 1.27 bits per heavy atom. The van der Waals surface area contributed by atoms with E-state index in [1.807, 2.05) is 24.3 Å². The van der Waals surface area contributed by atoms with Gasteiger partial charge in [-0.3, -0.25) is 0 Å². The lowest BCUT2D eigenvalue weighted by atomic mass is 10.1. The van der Waals surface area contributed by atoms with Gasteiger partial charge in [0.05, 0.1) is 21.1 Å². The number of aromatic nitrogens is 2. The average molecular weight is 419 g/mol. The van der Waals surface area contributed by atoms with Crippen molar-refractivity contribution < 1.29 is 5.11 Å². The van der Waals surface area contributed by atoms with Gasteiger partial charge in [-0.25, -0.2) is 4.98 Å². The second kappa shape index (κ2) is 5.95. The summed E-state index contributed by atoms with van der Waals surface area (Å²) in [5, 5.41) is 19.5. The molecular weight excluding hydrogens is 410 g/mol. The van der Waals surface area contributed by atoms with Crippen molar-refractivity contribution in [2.75, 3.05) is 0 Å². The Hall–Kier alpha value is -2.10. The number of benzene rings is 2. The second-order valence-corrected chi connectivity index (χ2v) is 6.37. The molecule has 3 rings (SSSR count). The van der Waals surface area contributed by atoms with Crippen LogP contribution in [0.15, 0.2) is 45.3 Å². The summed E-state index contributed by atoms with van der Waals surface area (Å²) in [4.78, 5) is 7.51. The smallest absolute Gasteiger partial charge is 0.149 e. The molecule has 22 heavy (non-hydrogen) atoms. The number of rotatable bonds is 2. The number of allylic oxidation sites excluding steroid dienone is 1. The van der Waals surface area contributed by atoms with Crippen LogP contribution < -0.4 is 0 Å². The molecule has 0 saturated heterocycles. The maximum absolute atomic E-state index is 10.1. The van der Waals surface area contributed by atoms with Gasteiger partial charge in [0.2, 0.25) is 0 Å². The fraction of sp³-hybridized carbons (Fsp3) is 0. The highest BCUT2D eigenvalue weighted by molar-refractivity contribution is 9.11. The van der Waals surface area contributed by atoms with Gasteiger partial charge in [0, 0.05) is 10.0 Å². The van der Waals surface area contributed by atoms with E-state index in [2.05, 4.69) is 47.9 Å². The van der Waals surface area contributed by atoms with E-state index in [1.54, 1.807) is 18.2 Å². The molecule has 0 saturated carbocycles. The van der Waals surface area contributed by atoms with E-state index in [0.717, 1.165) is 15.5 Å². The van der Waals surface area contributed by atoms with Crippen LogP contribution in [0.1, 0.15) is 11.4 Å². The minimum Gasteiger partial charge on any atom is -0.506 e. The summed E-state index contributed by atoms with van der Waals surface area (Å²) in [6.45, 7) is 0. The molecule has 1 heterocycles. The van der Waals surface area contributed by atoms with Gasteiger partial charge in [-0.1, -0.05) is 28.1 Å². The molecule has 0 aliphatic heterocycles. The van der Waals surface area contributed by atoms with Crippen LogP contribution in [-0.2, 0) is 0 Å². The largest absolute Gasteiger partial charge is 0.506 e. The lowest BCUT2D eigenvalue weighted by Gasteiger charge is -2.04. The Balaban J connectivity index is 2.13. The van der Waals surface area contributed by atoms with Crippen LogP contribution in [0, 0.1) is 11.3 Å². The van der Waals surface area contributed by atoms with Gasteiger partial charge in [0.25, 0.3) is 0 Å². The number of phenolic OH excluding ortho intramolecular Hbond substituents is 1. The van der Waals surface area contributed by atoms with Crippen molar-refractivity contribution in [2.45, 2.75) is 0 Å². The van der Waals surface area contributed by atoms with Crippen LogP contribution >= 0.6 is 31.9 Å². The third kappa shape index (κ3) is 2.78. The molecule has 0 atom stereocenters. The fourth-order valence-electron chi connectivity index (χ4n) is 2.09. The number of H-pyrrole nitrogens is 1. The van der Waals surface area contributed by atoms with Gasteiger partial charge in [-0.05, 0) is 46.3 Å². The molecule has 0 bridgehead atoms. The van der Waals surface area contributed by atoms with Gasteiger partial charge < -0.3 is 10.1 Å². The molecule has 0 fully saturated rings. The average Bonchev–Trinajstić information content (AvgIpc) is 2.93. The van der Waals surface area contributed by atoms with Crippen molar-refractivity contribution in [2.24, 2.45) is 0 Å². The third-order valence-corrected chi connectivity index (χ3v) is 4.18. The predicted octanol–water partition coefficient (Wildman–Crippen LogP) is 4.86. The highest BCUT2D eigenvalue weighted by Crippen LogP contribution is 2.34. The molecule has 2 N–H and O–H groups in total. The van der Waals surface area contributed by atoms with Crippen LogP contribution in [0.4, 0.5) is 0 Å². The monoisotopic (exact) mass is 417 g/mol. The van der Waals surface area contributed by atoms with Gasteiger partial charge >= 0.3 is 0 Å². The number of hydrogen-bond acceptors (Lipinski definition) is 3. The molecular formula is C16H9Br2N3O. The predicted molar refractivity (Wildman–Crippen MR) is 93.1 cm³/mol. The normalized spacial score (nSPS) is 11.6. The molecule has 108 valence electrons. The molecule has 0 unspecified atom stereocenters. The summed E-state index contributed by atoms with van der Waals surface area (Å²) in [5.41, 5.74) is 2.52. The fourth-order valence-corrected chi connectivity index (χ4v) is 3.34. The number of halogens is 2. The minimum atomic E-state index is 0.0760. The highest BCUT2D eigenvalue weighted by atomic mass is 79.9. The van der Waals surface area contributed by atoms with Crippen LogP contribution in [-0.4, -0.2) is 15.1 Å². The number of fused-ring (bicyclic) bond motifs is 1. The first-order valence-corrected chi connectivity index (χ1v) is 7.92. The van der Waals surface area contributed by atoms with Crippen LogP contribution in [0.25, 0.3) is 22.7 Å². The van der Waals surface area contributed by atoms with Crippen molar-refractivity contribution in [3.8, 4) is 11.8 Å². The zero-order valence-electron chi connectivity index (χ0n) is 11.1. The Bertz CT molecular complexity index is 905. The molecule has 3 aromatic rings. The summed E-state index contributed by atoms with van der Waals surface area (Å²) in [6.07, 6.45) is 1.60. The van der Waals surface area contributed by atoms with E-state index >= 15 is 0 Å². The maximum Gasteiger partial charge on any atom is 0.149 e. The number of nitriles is 1. The van der Waals surface area contributed by atoms with E-state index in [0.29, 0.717) is 21.4 Å². The Labute approximate surface area is 143 Å². The van der Waals surface area contributed by atoms with Crippen molar-refractivity contribution in [1.29, 1.82) is 5.26 Å². The SMILES string of the molecule is N#CC(=Cc1cc(Br)cc(Br)c1O)c1nc2ccccc2[nH]1. The second-order valence-electron chi connectivity index (χ2n) is 4.60. The van der Waals surface area contributed by atoms with E-state index in [4.69, 9.17) is 0 Å². The first-order valence-electron chi connectivity index (χ1n) is 6.33. The minimum absolute atomic E-state index is 0.0760. The van der Waals surface area contributed by atoms with Crippen molar-refractivity contribution >= 4 is 54.5 Å². The van der Waals surface area contributed by atoms with Gasteiger partial charge in [-0.2, -0.15) is 5.26 Å². The molecule has 0 aliphatic rings. The van der Waals surface area contributed by atoms with Crippen LogP contribution in [0.2, 0.25) is 0 Å². The van der Waals surface area contributed by atoms with Gasteiger partial charge in [0.1, 0.15) is 17.6 Å². The molecule has 0 aliphatic carbocycles. The third-order valence-electron chi connectivity index (χ3n) is 3.12. The zero-order valence-corrected chi connectivity index (χ0v) is 14.3. The summed E-state index contributed by atoms with van der Waals surface area (Å²) in [5.74, 6) is 0.547. The molecule has 4 nitrogen and oxygen atoms in total. The van der Waals surface area contributed by atoms with Crippen LogP contribution in [0.5, 0.6) is 5.75 Å². The molecule has 0 amide bonds. The topological polar surface area (TPSA) is 72.7 Å². The number of hydrogen-bond donors (Lipinski definition) is 2. The van der Waals surface area contributed by atoms with Crippen molar-refractivity contribution in [3.05, 3.63) is 56.7 Å². The molecule has 2 aromatic carbocycles. The Kier molecular flexibility index (Phi) is 4.01. The number of nitrogens with one attached hydrogen (secondary N) is 1. The summed E-state index contributed by atoms with van der Waals surface area (Å²) < 4.78 is 1.35. The zero-order chi connectivity index (χ0) is 15.7. The van der Waals surface area contributed by atoms with Gasteiger partial charge in [0.15, 0.2) is 0 Å².